The number of carbonyl (C=O) groups is 2. The van der Waals surface area contributed by atoms with E-state index < -0.39 is 0 Å². The predicted octanol–water partition coefficient (Wildman–Crippen LogP) is 4.51. The van der Waals surface area contributed by atoms with E-state index >= 15 is 0 Å². The van der Waals surface area contributed by atoms with Gasteiger partial charge in [-0.1, -0.05) is 18.2 Å². The SMILES string of the molecule is CC(=O)Nc1ccc(NC(=O)c2cc(-c3ccncc3)nc3ccccc23)cc1. The zero-order chi connectivity index (χ0) is 20.2. The van der Waals surface area contributed by atoms with E-state index in [2.05, 4.69) is 20.6 Å². The first-order valence-electron chi connectivity index (χ1n) is 9.09. The van der Waals surface area contributed by atoms with Crippen molar-refractivity contribution >= 4 is 34.1 Å². The summed E-state index contributed by atoms with van der Waals surface area (Å²) in [6.45, 7) is 1.45. The number of hydrogen-bond donors (Lipinski definition) is 2. The summed E-state index contributed by atoms with van der Waals surface area (Å²) in [6.07, 6.45) is 3.39. The first-order chi connectivity index (χ1) is 14.1. The van der Waals surface area contributed by atoms with E-state index in [9.17, 15) is 9.59 Å². The zero-order valence-electron chi connectivity index (χ0n) is 15.7. The van der Waals surface area contributed by atoms with Gasteiger partial charge in [0.15, 0.2) is 0 Å². The summed E-state index contributed by atoms with van der Waals surface area (Å²) in [4.78, 5) is 32.9. The molecule has 0 saturated heterocycles. The molecule has 0 radical (unpaired) electrons. The molecule has 4 rings (SSSR count). The molecule has 0 bridgehead atoms. The van der Waals surface area contributed by atoms with Crippen LogP contribution in [0, 0.1) is 0 Å². The van der Waals surface area contributed by atoms with Crippen LogP contribution in [0.2, 0.25) is 0 Å². The fourth-order valence-corrected chi connectivity index (χ4v) is 3.07. The maximum atomic E-state index is 13.1. The van der Waals surface area contributed by atoms with Gasteiger partial charge in [0.05, 0.1) is 16.8 Å². The second-order valence-electron chi connectivity index (χ2n) is 6.52. The molecule has 2 heterocycles. The Hall–Kier alpha value is -4.06. The van der Waals surface area contributed by atoms with E-state index in [-0.39, 0.29) is 11.8 Å². The maximum Gasteiger partial charge on any atom is 0.256 e. The smallest absolute Gasteiger partial charge is 0.256 e. The first-order valence-corrected chi connectivity index (χ1v) is 9.09. The van der Waals surface area contributed by atoms with E-state index in [0.717, 1.165) is 16.5 Å². The second-order valence-corrected chi connectivity index (χ2v) is 6.52. The van der Waals surface area contributed by atoms with Gasteiger partial charge in [0.2, 0.25) is 5.91 Å². The molecule has 29 heavy (non-hydrogen) atoms. The Morgan fingerprint density at radius 1 is 0.828 bits per heavy atom. The van der Waals surface area contributed by atoms with Gasteiger partial charge in [0, 0.05) is 41.6 Å². The first kappa shape index (κ1) is 18.3. The van der Waals surface area contributed by atoms with Crippen LogP contribution in [0.15, 0.2) is 79.1 Å². The van der Waals surface area contributed by atoms with Crippen molar-refractivity contribution < 1.29 is 9.59 Å². The summed E-state index contributed by atoms with van der Waals surface area (Å²) in [6, 6.07) is 20.0. The van der Waals surface area contributed by atoms with Crippen molar-refractivity contribution in [1.29, 1.82) is 0 Å². The number of carbonyl (C=O) groups excluding carboxylic acids is 2. The molecule has 2 aromatic carbocycles. The molecule has 0 unspecified atom stereocenters. The average molecular weight is 382 g/mol. The molecule has 2 amide bonds. The number of nitrogens with zero attached hydrogens (tertiary/aromatic N) is 2. The van der Waals surface area contributed by atoms with Crippen LogP contribution in [0.1, 0.15) is 17.3 Å². The van der Waals surface area contributed by atoms with Crippen LogP contribution in [0.25, 0.3) is 22.2 Å². The normalized spacial score (nSPS) is 10.5. The standard InChI is InChI=1S/C23H18N4O2/c1-15(28)25-17-6-8-18(9-7-17)26-23(29)20-14-22(16-10-12-24-13-11-16)27-21-5-3-2-4-19(20)21/h2-14H,1H3,(H,25,28)(H,26,29). The van der Waals surface area contributed by atoms with Crippen LogP contribution >= 0.6 is 0 Å². The lowest BCUT2D eigenvalue weighted by molar-refractivity contribution is -0.114. The maximum absolute atomic E-state index is 13.1. The van der Waals surface area contributed by atoms with Gasteiger partial charge in [0.1, 0.15) is 0 Å². The Balaban J connectivity index is 1.69. The van der Waals surface area contributed by atoms with Crippen molar-refractivity contribution in [2.75, 3.05) is 10.6 Å². The Bertz CT molecular complexity index is 1190. The largest absolute Gasteiger partial charge is 0.326 e. The molecule has 4 aromatic rings. The summed E-state index contributed by atoms with van der Waals surface area (Å²) in [5, 5.41) is 6.40. The molecule has 2 N–H and O–H groups in total. The second kappa shape index (κ2) is 7.90. The van der Waals surface area contributed by atoms with E-state index in [0.29, 0.717) is 22.6 Å². The van der Waals surface area contributed by atoms with E-state index in [1.54, 1.807) is 42.7 Å². The molecule has 6 heteroatoms. The zero-order valence-corrected chi connectivity index (χ0v) is 15.7. The monoisotopic (exact) mass is 382 g/mol. The summed E-state index contributed by atoms with van der Waals surface area (Å²) in [7, 11) is 0. The minimum Gasteiger partial charge on any atom is -0.326 e. The Kier molecular flexibility index (Phi) is 4.99. The lowest BCUT2D eigenvalue weighted by atomic mass is 10.0. The summed E-state index contributed by atoms with van der Waals surface area (Å²) in [5.41, 5.74) is 4.18. The van der Waals surface area contributed by atoms with Gasteiger partial charge in [-0.15, -0.1) is 0 Å². The van der Waals surface area contributed by atoms with Crippen molar-refractivity contribution in [2.45, 2.75) is 6.92 Å². The third-order valence-corrected chi connectivity index (χ3v) is 4.40. The molecule has 0 aliphatic carbocycles. The fourth-order valence-electron chi connectivity index (χ4n) is 3.07. The number of amides is 2. The molecule has 142 valence electrons. The highest BCUT2D eigenvalue weighted by Crippen LogP contribution is 2.25. The minimum atomic E-state index is -0.230. The molecule has 0 aliphatic heterocycles. The number of rotatable bonds is 4. The lowest BCUT2D eigenvalue weighted by Crippen LogP contribution is -2.13. The molecule has 0 atom stereocenters. The third-order valence-electron chi connectivity index (χ3n) is 4.40. The number of fused-ring (bicyclic) bond motifs is 1. The van der Waals surface area contributed by atoms with Gasteiger partial charge in [0.25, 0.3) is 5.91 Å². The Labute approximate surface area is 167 Å². The lowest BCUT2D eigenvalue weighted by Gasteiger charge is -2.11. The van der Waals surface area contributed by atoms with Gasteiger partial charge in [-0.3, -0.25) is 14.6 Å². The number of nitrogens with one attached hydrogen (secondary N) is 2. The molecule has 0 aliphatic rings. The van der Waals surface area contributed by atoms with Crippen LogP contribution in [0.4, 0.5) is 11.4 Å². The highest BCUT2D eigenvalue weighted by molar-refractivity contribution is 6.13. The van der Waals surface area contributed by atoms with E-state index in [4.69, 9.17) is 0 Å². The molecule has 6 nitrogen and oxygen atoms in total. The molecule has 2 aromatic heterocycles. The average Bonchev–Trinajstić information content (AvgIpc) is 2.74. The van der Waals surface area contributed by atoms with Crippen molar-refractivity contribution in [3.63, 3.8) is 0 Å². The fraction of sp³-hybridized carbons (Fsp3) is 0.0435. The van der Waals surface area contributed by atoms with Crippen LogP contribution in [-0.4, -0.2) is 21.8 Å². The quantitative estimate of drug-likeness (QED) is 0.544. The number of benzene rings is 2. The number of anilines is 2. The number of para-hydroxylation sites is 1. The number of aromatic nitrogens is 2. The highest BCUT2D eigenvalue weighted by Gasteiger charge is 2.14. The molecular formula is C23H18N4O2. The number of pyridine rings is 2. The van der Waals surface area contributed by atoms with Crippen molar-refractivity contribution in [3.05, 3.63) is 84.7 Å². The van der Waals surface area contributed by atoms with Crippen LogP contribution in [0.3, 0.4) is 0 Å². The summed E-state index contributed by atoms with van der Waals surface area (Å²) in [5.74, 6) is -0.375. The van der Waals surface area contributed by atoms with E-state index in [1.165, 1.54) is 6.92 Å². The van der Waals surface area contributed by atoms with Crippen molar-refractivity contribution in [1.82, 2.24) is 9.97 Å². The Morgan fingerprint density at radius 3 is 2.17 bits per heavy atom. The molecule has 0 spiro atoms. The number of hydrogen-bond acceptors (Lipinski definition) is 4. The van der Waals surface area contributed by atoms with E-state index in [1.807, 2.05) is 36.4 Å². The molecular weight excluding hydrogens is 364 g/mol. The predicted molar refractivity (Wildman–Crippen MR) is 114 cm³/mol. The third kappa shape index (κ3) is 4.11. The Morgan fingerprint density at radius 2 is 1.48 bits per heavy atom. The molecule has 0 fully saturated rings. The minimum absolute atomic E-state index is 0.145. The van der Waals surface area contributed by atoms with Gasteiger partial charge < -0.3 is 10.6 Å². The van der Waals surface area contributed by atoms with Crippen molar-refractivity contribution in [3.8, 4) is 11.3 Å². The molecule has 0 saturated carbocycles. The van der Waals surface area contributed by atoms with Crippen LogP contribution < -0.4 is 10.6 Å². The van der Waals surface area contributed by atoms with Crippen LogP contribution in [0.5, 0.6) is 0 Å². The summed E-state index contributed by atoms with van der Waals surface area (Å²) < 4.78 is 0. The van der Waals surface area contributed by atoms with Crippen LogP contribution in [-0.2, 0) is 4.79 Å². The van der Waals surface area contributed by atoms with Gasteiger partial charge >= 0.3 is 0 Å². The topological polar surface area (TPSA) is 84.0 Å². The van der Waals surface area contributed by atoms with Crippen molar-refractivity contribution in [2.24, 2.45) is 0 Å². The van der Waals surface area contributed by atoms with Gasteiger partial charge in [-0.05, 0) is 48.5 Å². The highest BCUT2D eigenvalue weighted by atomic mass is 16.2. The van der Waals surface area contributed by atoms with Gasteiger partial charge in [-0.25, -0.2) is 4.98 Å². The van der Waals surface area contributed by atoms with Gasteiger partial charge in [-0.2, -0.15) is 0 Å². The summed E-state index contributed by atoms with van der Waals surface area (Å²) >= 11 is 0.